The van der Waals surface area contributed by atoms with Crippen molar-refractivity contribution < 1.29 is 9.53 Å². The molecule has 0 radical (unpaired) electrons. The van der Waals surface area contributed by atoms with Gasteiger partial charge in [0.1, 0.15) is 11.9 Å². The molecule has 0 N–H and O–H groups in total. The van der Waals surface area contributed by atoms with Crippen LogP contribution in [0, 0.1) is 11.3 Å². The Labute approximate surface area is 145 Å². The van der Waals surface area contributed by atoms with Crippen molar-refractivity contribution in [2.75, 3.05) is 0 Å². The number of pyridine rings is 1. The number of hydrogen-bond acceptors (Lipinski definition) is 4. The van der Waals surface area contributed by atoms with Gasteiger partial charge in [0.25, 0.3) is 0 Å². The molecule has 0 spiro atoms. The quantitative estimate of drug-likeness (QED) is 0.703. The maximum Gasteiger partial charge on any atom is 0.170 e. The molecule has 1 aliphatic heterocycles. The molecular weight excluding hydrogens is 312 g/mol. The van der Waals surface area contributed by atoms with Gasteiger partial charge < -0.3 is 4.74 Å². The predicted molar refractivity (Wildman–Crippen MR) is 93.1 cm³/mol. The van der Waals surface area contributed by atoms with Crippen LogP contribution >= 0.6 is 0 Å². The van der Waals surface area contributed by atoms with Crippen molar-refractivity contribution in [2.24, 2.45) is 0 Å². The lowest BCUT2D eigenvalue weighted by molar-refractivity contribution is 0.0845. The summed E-state index contributed by atoms with van der Waals surface area (Å²) in [6.45, 7) is 0. The zero-order valence-electron chi connectivity index (χ0n) is 13.3. The van der Waals surface area contributed by atoms with Gasteiger partial charge in [0.05, 0.1) is 29.3 Å². The third-order valence-electron chi connectivity index (χ3n) is 4.26. The second-order valence-corrected chi connectivity index (χ2v) is 5.89. The SMILES string of the molecule is N#Cc1cccc(-c2ccc3c(c2)C(=O)CC(c2ccccn2)O3)c1. The second kappa shape index (κ2) is 6.21. The van der Waals surface area contributed by atoms with Gasteiger partial charge in [-0.2, -0.15) is 5.26 Å². The number of Topliss-reactive ketones (excluding diaryl/α,β-unsaturated/α-hetero) is 1. The van der Waals surface area contributed by atoms with E-state index in [1.807, 2.05) is 54.6 Å². The molecule has 1 atom stereocenters. The molecule has 4 heteroatoms. The molecule has 1 aliphatic rings. The summed E-state index contributed by atoms with van der Waals surface area (Å²) < 4.78 is 5.99. The van der Waals surface area contributed by atoms with Gasteiger partial charge >= 0.3 is 0 Å². The van der Waals surface area contributed by atoms with E-state index >= 15 is 0 Å². The average Bonchev–Trinajstić information content (AvgIpc) is 2.68. The van der Waals surface area contributed by atoms with Crippen molar-refractivity contribution in [1.29, 1.82) is 5.26 Å². The standard InChI is InChI=1S/C21H14N2O2/c22-13-14-4-3-5-15(10-14)16-7-8-20-17(11-16)19(24)12-21(25-20)18-6-1-2-9-23-18/h1-11,21H,12H2. The third-order valence-corrected chi connectivity index (χ3v) is 4.26. The molecule has 0 bridgehead atoms. The summed E-state index contributed by atoms with van der Waals surface area (Å²) in [5.41, 5.74) is 3.72. The first-order valence-corrected chi connectivity index (χ1v) is 8.00. The Kier molecular flexibility index (Phi) is 3.75. The first-order valence-electron chi connectivity index (χ1n) is 8.00. The lowest BCUT2D eigenvalue weighted by Crippen LogP contribution is -2.21. The summed E-state index contributed by atoms with van der Waals surface area (Å²) in [7, 11) is 0. The van der Waals surface area contributed by atoms with Gasteiger partial charge in [-0.1, -0.05) is 24.3 Å². The van der Waals surface area contributed by atoms with Gasteiger partial charge in [0.15, 0.2) is 5.78 Å². The van der Waals surface area contributed by atoms with Gasteiger partial charge in [-0.05, 0) is 47.5 Å². The average molecular weight is 326 g/mol. The fourth-order valence-electron chi connectivity index (χ4n) is 3.00. The summed E-state index contributed by atoms with van der Waals surface area (Å²) in [6.07, 6.45) is 1.62. The first-order chi connectivity index (χ1) is 12.2. The molecule has 2 heterocycles. The smallest absolute Gasteiger partial charge is 0.170 e. The number of aromatic nitrogens is 1. The monoisotopic (exact) mass is 326 g/mol. The van der Waals surface area contributed by atoms with Crippen molar-refractivity contribution in [1.82, 2.24) is 4.98 Å². The molecule has 0 saturated heterocycles. The fraction of sp³-hybridized carbons (Fsp3) is 0.0952. The molecule has 120 valence electrons. The highest BCUT2D eigenvalue weighted by Crippen LogP contribution is 2.36. The van der Waals surface area contributed by atoms with Crippen molar-refractivity contribution in [3.05, 3.63) is 83.7 Å². The van der Waals surface area contributed by atoms with E-state index in [-0.39, 0.29) is 18.3 Å². The van der Waals surface area contributed by atoms with Crippen molar-refractivity contribution in [3.63, 3.8) is 0 Å². The van der Waals surface area contributed by atoms with Crippen molar-refractivity contribution in [3.8, 4) is 22.9 Å². The number of carbonyl (C=O) groups is 1. The number of ketones is 1. The van der Waals surface area contributed by atoms with Crippen LogP contribution in [0.3, 0.4) is 0 Å². The van der Waals surface area contributed by atoms with Crippen LogP contribution in [0.25, 0.3) is 11.1 Å². The molecular formula is C21H14N2O2. The third kappa shape index (κ3) is 2.88. The van der Waals surface area contributed by atoms with Crippen LogP contribution in [0.4, 0.5) is 0 Å². The molecule has 2 aromatic carbocycles. The highest BCUT2D eigenvalue weighted by atomic mass is 16.5. The maximum atomic E-state index is 12.6. The molecule has 0 saturated carbocycles. The van der Waals surface area contributed by atoms with E-state index in [1.54, 1.807) is 12.3 Å². The van der Waals surface area contributed by atoms with Crippen LogP contribution in [0.1, 0.15) is 34.1 Å². The zero-order valence-corrected chi connectivity index (χ0v) is 13.3. The maximum absolute atomic E-state index is 12.6. The normalized spacial score (nSPS) is 15.8. The lowest BCUT2D eigenvalue weighted by atomic mass is 9.94. The Balaban J connectivity index is 1.69. The van der Waals surface area contributed by atoms with E-state index in [4.69, 9.17) is 10.00 Å². The Morgan fingerprint density at radius 1 is 1.04 bits per heavy atom. The number of rotatable bonds is 2. The number of carbonyl (C=O) groups excluding carboxylic acids is 1. The number of nitrogens with zero attached hydrogens (tertiary/aromatic N) is 2. The van der Waals surface area contributed by atoms with Gasteiger partial charge in [0.2, 0.25) is 0 Å². The molecule has 3 aromatic rings. The Morgan fingerprint density at radius 3 is 2.72 bits per heavy atom. The van der Waals surface area contributed by atoms with Crippen LogP contribution in [-0.4, -0.2) is 10.8 Å². The minimum atomic E-state index is -0.353. The summed E-state index contributed by atoms with van der Waals surface area (Å²) in [4.78, 5) is 16.9. The number of benzene rings is 2. The van der Waals surface area contributed by atoms with Gasteiger partial charge in [-0.15, -0.1) is 0 Å². The van der Waals surface area contributed by atoms with Gasteiger partial charge in [-0.3, -0.25) is 9.78 Å². The largest absolute Gasteiger partial charge is 0.483 e. The highest BCUT2D eigenvalue weighted by molar-refractivity contribution is 6.01. The molecule has 1 aromatic heterocycles. The first kappa shape index (κ1) is 15.1. The van der Waals surface area contributed by atoms with E-state index in [0.29, 0.717) is 16.9 Å². The molecule has 0 amide bonds. The van der Waals surface area contributed by atoms with Gasteiger partial charge in [0, 0.05) is 6.20 Å². The fourth-order valence-corrected chi connectivity index (χ4v) is 3.00. The molecule has 0 fully saturated rings. The molecule has 0 aliphatic carbocycles. The predicted octanol–water partition coefficient (Wildman–Crippen LogP) is 4.33. The second-order valence-electron chi connectivity index (χ2n) is 5.89. The number of hydrogen-bond donors (Lipinski definition) is 0. The Bertz CT molecular complexity index is 990. The van der Waals surface area contributed by atoms with Crippen molar-refractivity contribution >= 4 is 5.78 Å². The van der Waals surface area contributed by atoms with E-state index < -0.39 is 0 Å². The van der Waals surface area contributed by atoms with E-state index in [1.165, 1.54) is 0 Å². The van der Waals surface area contributed by atoms with Gasteiger partial charge in [-0.25, -0.2) is 0 Å². The summed E-state index contributed by atoms with van der Waals surface area (Å²) in [5, 5.41) is 9.05. The van der Waals surface area contributed by atoms with E-state index in [0.717, 1.165) is 16.8 Å². The summed E-state index contributed by atoms with van der Waals surface area (Å²) >= 11 is 0. The van der Waals surface area contributed by atoms with Crippen LogP contribution < -0.4 is 4.74 Å². The zero-order chi connectivity index (χ0) is 17.2. The lowest BCUT2D eigenvalue weighted by Gasteiger charge is -2.25. The number of ether oxygens (including phenoxy) is 1. The number of fused-ring (bicyclic) bond motifs is 1. The highest BCUT2D eigenvalue weighted by Gasteiger charge is 2.28. The minimum absolute atomic E-state index is 0.0372. The van der Waals surface area contributed by atoms with E-state index in [9.17, 15) is 4.79 Å². The van der Waals surface area contributed by atoms with E-state index in [2.05, 4.69) is 11.1 Å². The molecule has 4 rings (SSSR count). The summed E-state index contributed by atoms with van der Waals surface area (Å²) in [6, 6.07) is 20.6. The minimum Gasteiger partial charge on any atom is -0.483 e. The number of nitriles is 1. The Hall–Kier alpha value is -3.45. The Morgan fingerprint density at radius 2 is 1.92 bits per heavy atom. The summed E-state index contributed by atoms with van der Waals surface area (Å²) in [5.74, 6) is 0.613. The van der Waals surface area contributed by atoms with Crippen LogP contribution in [0.15, 0.2) is 66.9 Å². The molecule has 4 nitrogen and oxygen atoms in total. The van der Waals surface area contributed by atoms with Crippen LogP contribution in [0.5, 0.6) is 5.75 Å². The topological polar surface area (TPSA) is 63.0 Å². The van der Waals surface area contributed by atoms with Crippen LogP contribution in [0.2, 0.25) is 0 Å². The van der Waals surface area contributed by atoms with Crippen LogP contribution in [-0.2, 0) is 0 Å². The van der Waals surface area contributed by atoms with Crippen molar-refractivity contribution in [2.45, 2.75) is 12.5 Å². The molecule has 25 heavy (non-hydrogen) atoms. The molecule has 1 unspecified atom stereocenters.